The molecule has 7 heteroatoms. The fourth-order valence-corrected chi connectivity index (χ4v) is 2.60. The van der Waals surface area contributed by atoms with Gasteiger partial charge in [0.2, 0.25) is 0 Å². The van der Waals surface area contributed by atoms with Gasteiger partial charge in [-0.3, -0.25) is 4.79 Å². The molecular formula is C17H23N3O4. The third-order valence-electron chi connectivity index (χ3n) is 3.70. The molecule has 0 saturated carbocycles. The monoisotopic (exact) mass is 333 g/mol. The molecule has 0 fully saturated rings. The summed E-state index contributed by atoms with van der Waals surface area (Å²) >= 11 is 0. The van der Waals surface area contributed by atoms with Gasteiger partial charge in [0.15, 0.2) is 0 Å². The van der Waals surface area contributed by atoms with Gasteiger partial charge in [-0.15, -0.1) is 0 Å². The summed E-state index contributed by atoms with van der Waals surface area (Å²) in [6, 6.07) is 0.693. The minimum absolute atomic E-state index is 0.0493. The van der Waals surface area contributed by atoms with E-state index in [1.165, 1.54) is 0 Å². The van der Waals surface area contributed by atoms with Crippen LogP contribution in [0.2, 0.25) is 0 Å². The summed E-state index contributed by atoms with van der Waals surface area (Å²) < 4.78 is 5.24. The first-order valence-electron chi connectivity index (χ1n) is 8.01. The first-order valence-corrected chi connectivity index (χ1v) is 8.01. The van der Waals surface area contributed by atoms with Crippen LogP contribution in [0.25, 0.3) is 11.1 Å². The summed E-state index contributed by atoms with van der Waals surface area (Å²) in [6.07, 6.45) is 0.356. The topological polar surface area (TPSA) is 105 Å². The smallest absolute Gasteiger partial charge is 0.326 e. The lowest BCUT2D eigenvalue weighted by molar-refractivity contribution is -0.139. The molecule has 2 rings (SSSR count). The maximum atomic E-state index is 12.7. The van der Waals surface area contributed by atoms with Crippen molar-refractivity contribution in [2.75, 3.05) is 0 Å². The third kappa shape index (κ3) is 3.72. The standard InChI is InChI=1S/C17H23N3O4/c1-8(2)6-12(17(22)23)19-15(21)11-7-10(5)18-16-13(11)14(9(3)4)20-24-16/h7-9,12H,6H2,1-5H3,(H,19,21)(H,22,23). The molecule has 0 saturated heterocycles. The van der Waals surface area contributed by atoms with Crippen LogP contribution in [0.4, 0.5) is 0 Å². The predicted molar refractivity (Wildman–Crippen MR) is 89.0 cm³/mol. The Morgan fingerprint density at radius 3 is 2.50 bits per heavy atom. The summed E-state index contributed by atoms with van der Waals surface area (Å²) in [6.45, 7) is 9.45. The van der Waals surface area contributed by atoms with E-state index >= 15 is 0 Å². The first kappa shape index (κ1) is 17.9. The Labute approximate surface area is 140 Å². The number of nitrogens with one attached hydrogen (secondary N) is 1. The van der Waals surface area contributed by atoms with E-state index in [0.29, 0.717) is 34.5 Å². The molecular weight excluding hydrogens is 310 g/mol. The molecule has 7 nitrogen and oxygen atoms in total. The molecule has 0 aromatic carbocycles. The van der Waals surface area contributed by atoms with Crippen LogP contribution < -0.4 is 5.32 Å². The predicted octanol–water partition coefficient (Wildman–Crippen LogP) is 2.88. The van der Waals surface area contributed by atoms with Gasteiger partial charge in [0.25, 0.3) is 11.6 Å². The molecule has 0 radical (unpaired) electrons. The maximum absolute atomic E-state index is 12.7. The molecule has 0 aliphatic rings. The molecule has 130 valence electrons. The number of aromatic nitrogens is 2. The van der Waals surface area contributed by atoms with E-state index in [1.54, 1.807) is 13.0 Å². The highest BCUT2D eigenvalue weighted by Crippen LogP contribution is 2.27. The van der Waals surface area contributed by atoms with Crippen molar-refractivity contribution in [3.05, 3.63) is 23.0 Å². The molecule has 1 atom stereocenters. The van der Waals surface area contributed by atoms with Crippen LogP contribution in [0.1, 0.15) is 61.8 Å². The minimum atomic E-state index is -1.05. The van der Waals surface area contributed by atoms with E-state index < -0.39 is 17.9 Å². The van der Waals surface area contributed by atoms with E-state index in [-0.39, 0.29) is 11.8 Å². The number of fused-ring (bicyclic) bond motifs is 1. The molecule has 0 bridgehead atoms. The number of rotatable bonds is 6. The minimum Gasteiger partial charge on any atom is -0.480 e. The summed E-state index contributed by atoms with van der Waals surface area (Å²) in [5.74, 6) is -1.31. The van der Waals surface area contributed by atoms with E-state index in [9.17, 15) is 14.7 Å². The van der Waals surface area contributed by atoms with Crippen LogP contribution in [-0.4, -0.2) is 33.2 Å². The van der Waals surface area contributed by atoms with Crippen molar-refractivity contribution in [2.24, 2.45) is 5.92 Å². The summed E-state index contributed by atoms with van der Waals surface area (Å²) in [5.41, 5.74) is 1.88. The zero-order chi connectivity index (χ0) is 18.0. The maximum Gasteiger partial charge on any atom is 0.326 e. The lowest BCUT2D eigenvalue weighted by Crippen LogP contribution is -2.41. The van der Waals surface area contributed by atoms with Crippen molar-refractivity contribution in [1.82, 2.24) is 15.5 Å². The number of hydrogen-bond donors (Lipinski definition) is 2. The highest BCUT2D eigenvalue weighted by Gasteiger charge is 2.26. The Kier molecular flexibility index (Phi) is 5.21. The van der Waals surface area contributed by atoms with Gasteiger partial charge in [-0.1, -0.05) is 32.9 Å². The van der Waals surface area contributed by atoms with Crippen LogP contribution in [0, 0.1) is 12.8 Å². The van der Waals surface area contributed by atoms with Gasteiger partial charge < -0.3 is 14.9 Å². The lowest BCUT2D eigenvalue weighted by atomic mass is 10.0. The second-order valence-corrected chi connectivity index (χ2v) is 6.71. The molecule has 2 aromatic rings. The van der Waals surface area contributed by atoms with Crippen LogP contribution in [0.3, 0.4) is 0 Å². The molecule has 1 unspecified atom stereocenters. The van der Waals surface area contributed by atoms with Gasteiger partial charge >= 0.3 is 5.97 Å². The van der Waals surface area contributed by atoms with Crippen molar-refractivity contribution in [1.29, 1.82) is 0 Å². The quantitative estimate of drug-likeness (QED) is 0.842. The van der Waals surface area contributed by atoms with E-state index in [2.05, 4.69) is 15.5 Å². The molecule has 2 aromatic heterocycles. The SMILES string of the molecule is Cc1cc(C(=O)NC(CC(C)C)C(=O)O)c2c(C(C)C)noc2n1. The van der Waals surface area contributed by atoms with Gasteiger partial charge in [0.05, 0.1) is 16.6 Å². The van der Waals surface area contributed by atoms with Gasteiger partial charge in [0.1, 0.15) is 6.04 Å². The summed E-state index contributed by atoms with van der Waals surface area (Å²) in [5, 5.41) is 16.5. The number of carboxylic acid groups (broad SMARTS) is 1. The second-order valence-electron chi connectivity index (χ2n) is 6.71. The fraction of sp³-hybridized carbons (Fsp3) is 0.529. The van der Waals surface area contributed by atoms with E-state index in [4.69, 9.17) is 4.52 Å². The van der Waals surface area contributed by atoms with Crippen molar-refractivity contribution in [3.63, 3.8) is 0 Å². The van der Waals surface area contributed by atoms with Crippen molar-refractivity contribution in [3.8, 4) is 0 Å². The van der Waals surface area contributed by atoms with Gasteiger partial charge in [-0.25, -0.2) is 9.78 Å². The Hall–Kier alpha value is -2.44. The average Bonchev–Trinajstić information content (AvgIpc) is 2.88. The zero-order valence-electron chi connectivity index (χ0n) is 14.6. The third-order valence-corrected chi connectivity index (χ3v) is 3.70. The highest BCUT2D eigenvalue weighted by atomic mass is 16.5. The Bertz CT molecular complexity index is 765. The first-order chi connectivity index (χ1) is 11.2. The summed E-state index contributed by atoms with van der Waals surface area (Å²) in [7, 11) is 0. The number of carbonyl (C=O) groups is 2. The number of amides is 1. The number of aliphatic carboxylic acids is 1. The van der Waals surface area contributed by atoms with E-state index in [0.717, 1.165) is 0 Å². The van der Waals surface area contributed by atoms with Crippen LogP contribution >= 0.6 is 0 Å². The van der Waals surface area contributed by atoms with Crippen LogP contribution in [0.15, 0.2) is 10.6 Å². The van der Waals surface area contributed by atoms with Crippen molar-refractivity contribution < 1.29 is 19.2 Å². The zero-order valence-corrected chi connectivity index (χ0v) is 14.6. The van der Waals surface area contributed by atoms with Crippen LogP contribution in [0.5, 0.6) is 0 Å². The van der Waals surface area contributed by atoms with Crippen molar-refractivity contribution in [2.45, 2.75) is 53.0 Å². The van der Waals surface area contributed by atoms with Gasteiger partial charge in [-0.05, 0) is 31.2 Å². The highest BCUT2D eigenvalue weighted by molar-refractivity contribution is 6.07. The molecule has 0 spiro atoms. The molecule has 2 N–H and O–H groups in total. The fourth-order valence-electron chi connectivity index (χ4n) is 2.60. The number of carbonyl (C=O) groups excluding carboxylic acids is 1. The Morgan fingerprint density at radius 1 is 1.29 bits per heavy atom. The molecule has 1 amide bonds. The number of hydrogen-bond acceptors (Lipinski definition) is 5. The number of carboxylic acids is 1. The largest absolute Gasteiger partial charge is 0.480 e. The van der Waals surface area contributed by atoms with Gasteiger partial charge in [-0.2, -0.15) is 0 Å². The van der Waals surface area contributed by atoms with Crippen molar-refractivity contribution >= 4 is 23.0 Å². The number of nitrogens with zero attached hydrogens (tertiary/aromatic N) is 2. The van der Waals surface area contributed by atoms with Gasteiger partial charge in [0, 0.05) is 5.69 Å². The number of aryl methyl sites for hydroxylation is 1. The molecule has 24 heavy (non-hydrogen) atoms. The molecule has 2 heterocycles. The molecule has 0 aliphatic carbocycles. The van der Waals surface area contributed by atoms with Crippen LogP contribution in [-0.2, 0) is 4.79 Å². The van der Waals surface area contributed by atoms with E-state index in [1.807, 2.05) is 27.7 Å². The Balaban J connectivity index is 2.44. The lowest BCUT2D eigenvalue weighted by Gasteiger charge is -2.17. The Morgan fingerprint density at radius 2 is 1.96 bits per heavy atom. The molecule has 0 aliphatic heterocycles. The average molecular weight is 333 g/mol. The normalized spacial score (nSPS) is 12.8. The second kappa shape index (κ2) is 6.98. The number of pyridine rings is 1. The summed E-state index contributed by atoms with van der Waals surface area (Å²) in [4.78, 5) is 28.4.